The highest BCUT2D eigenvalue weighted by Gasteiger charge is 2.39. The Labute approximate surface area is 226 Å². The van der Waals surface area contributed by atoms with Crippen molar-refractivity contribution in [1.82, 2.24) is 14.1 Å². The molecule has 2 heterocycles. The number of aryl methyl sites for hydroxylation is 2. The number of benzene rings is 2. The number of hydrogen-bond donors (Lipinski definition) is 1. The first-order valence-electron chi connectivity index (χ1n) is 13.2. The maximum atomic E-state index is 11.7. The van der Waals surface area contributed by atoms with Crippen molar-refractivity contribution in [2.75, 3.05) is 0 Å². The highest BCUT2D eigenvalue weighted by Crippen LogP contribution is 2.40. The van der Waals surface area contributed by atoms with Gasteiger partial charge in [0.15, 0.2) is 8.32 Å². The van der Waals surface area contributed by atoms with E-state index in [9.17, 15) is 4.79 Å². The average molecular weight is 533 g/mol. The number of imidazole rings is 1. The molecule has 4 rings (SSSR count). The van der Waals surface area contributed by atoms with E-state index in [4.69, 9.17) is 14.9 Å². The monoisotopic (exact) mass is 532 g/mol. The largest absolute Gasteiger partial charge is 0.489 e. The van der Waals surface area contributed by atoms with E-state index in [0.717, 1.165) is 30.6 Å². The van der Waals surface area contributed by atoms with Crippen molar-refractivity contribution in [1.29, 1.82) is 0 Å². The van der Waals surface area contributed by atoms with E-state index in [1.807, 2.05) is 28.8 Å². The first-order valence-corrected chi connectivity index (χ1v) is 16.1. The van der Waals surface area contributed by atoms with Gasteiger partial charge in [-0.05, 0) is 66.7 Å². The van der Waals surface area contributed by atoms with E-state index in [-0.39, 0.29) is 17.0 Å². The Morgan fingerprint density at radius 3 is 2.50 bits per heavy atom. The van der Waals surface area contributed by atoms with E-state index in [2.05, 4.69) is 80.9 Å². The second-order valence-electron chi connectivity index (χ2n) is 11.5. The van der Waals surface area contributed by atoms with Gasteiger partial charge in [-0.15, -0.1) is 0 Å². The summed E-state index contributed by atoms with van der Waals surface area (Å²) < 4.78 is 17.0. The molecule has 1 atom stereocenters. The topological polar surface area (TPSA) is 84.3 Å². The van der Waals surface area contributed by atoms with Crippen molar-refractivity contribution >= 4 is 25.1 Å². The summed E-state index contributed by atoms with van der Waals surface area (Å²) in [4.78, 5) is 15.9. The standard InChI is InChI=1S/C30H40N4O3Si/c1-30(2,3)38(5,6)37-28(34-19-26(29(31)35)32-21-34)14-10-13-23-18-33(4)27-16-15-24(17-25(23)27)36-20-22-11-8-7-9-12-22/h7-9,11-12,15-19,21,28H,10,13-14,20H2,1-6H3,(H2,31,35)/t28-/m1/s1. The molecule has 0 unspecified atom stereocenters. The maximum Gasteiger partial charge on any atom is 0.268 e. The van der Waals surface area contributed by atoms with Crippen molar-refractivity contribution in [2.45, 2.75) is 71.0 Å². The smallest absolute Gasteiger partial charge is 0.268 e. The summed E-state index contributed by atoms with van der Waals surface area (Å²) in [7, 11) is 0.0122. The van der Waals surface area contributed by atoms with Crippen molar-refractivity contribution < 1.29 is 14.0 Å². The number of ether oxygens (including phenoxy) is 1. The van der Waals surface area contributed by atoms with E-state index in [1.54, 1.807) is 12.5 Å². The van der Waals surface area contributed by atoms with Crippen LogP contribution < -0.4 is 10.5 Å². The zero-order valence-corrected chi connectivity index (χ0v) is 24.4. The molecule has 0 saturated heterocycles. The summed E-state index contributed by atoms with van der Waals surface area (Å²) >= 11 is 0. The molecule has 8 heteroatoms. The van der Waals surface area contributed by atoms with Crippen molar-refractivity contribution in [2.24, 2.45) is 12.8 Å². The van der Waals surface area contributed by atoms with Gasteiger partial charge in [-0.25, -0.2) is 4.98 Å². The van der Waals surface area contributed by atoms with Gasteiger partial charge in [-0.3, -0.25) is 4.79 Å². The molecule has 0 fully saturated rings. The van der Waals surface area contributed by atoms with Crippen LogP contribution in [-0.2, 0) is 24.5 Å². The lowest BCUT2D eigenvalue weighted by Crippen LogP contribution is -2.42. The first-order chi connectivity index (χ1) is 17.9. The van der Waals surface area contributed by atoms with Gasteiger partial charge in [0, 0.05) is 30.3 Å². The van der Waals surface area contributed by atoms with Gasteiger partial charge in [0.25, 0.3) is 5.91 Å². The minimum Gasteiger partial charge on any atom is -0.489 e. The molecule has 7 nitrogen and oxygen atoms in total. The molecule has 4 aromatic rings. The quantitative estimate of drug-likeness (QED) is 0.221. The summed E-state index contributed by atoms with van der Waals surface area (Å²) in [6.07, 6.45) is 7.96. The lowest BCUT2D eigenvalue weighted by atomic mass is 10.1. The predicted molar refractivity (Wildman–Crippen MR) is 155 cm³/mol. The van der Waals surface area contributed by atoms with Crippen molar-refractivity contribution in [3.8, 4) is 5.75 Å². The van der Waals surface area contributed by atoms with Gasteiger partial charge in [0.1, 0.15) is 24.3 Å². The Hall–Kier alpha value is -3.36. The van der Waals surface area contributed by atoms with Gasteiger partial charge >= 0.3 is 0 Å². The number of hydrogen-bond acceptors (Lipinski definition) is 4. The fourth-order valence-corrected chi connectivity index (χ4v) is 5.63. The number of nitrogens with zero attached hydrogens (tertiary/aromatic N) is 3. The molecule has 0 radical (unpaired) electrons. The van der Waals surface area contributed by atoms with Crippen LogP contribution in [0.15, 0.2) is 67.3 Å². The normalized spacial score (nSPS) is 13.1. The highest BCUT2D eigenvalue weighted by atomic mass is 28.4. The van der Waals surface area contributed by atoms with Crippen LogP contribution in [0.1, 0.15) is 61.5 Å². The van der Waals surface area contributed by atoms with Crippen LogP contribution in [0.25, 0.3) is 10.9 Å². The van der Waals surface area contributed by atoms with E-state index < -0.39 is 14.2 Å². The van der Waals surface area contributed by atoms with Crippen LogP contribution in [0.5, 0.6) is 5.75 Å². The third-order valence-corrected chi connectivity index (χ3v) is 12.1. The average Bonchev–Trinajstić information content (AvgIpc) is 3.47. The lowest BCUT2D eigenvalue weighted by molar-refractivity contribution is 0.0988. The second kappa shape index (κ2) is 11.2. The van der Waals surface area contributed by atoms with E-state index >= 15 is 0 Å². The third-order valence-electron chi connectivity index (χ3n) is 7.61. The molecule has 0 aliphatic rings. The molecule has 38 heavy (non-hydrogen) atoms. The predicted octanol–water partition coefficient (Wildman–Crippen LogP) is 6.60. The third kappa shape index (κ3) is 6.37. The molecule has 0 spiro atoms. The zero-order chi connectivity index (χ0) is 27.5. The van der Waals surface area contributed by atoms with Crippen LogP contribution in [-0.4, -0.2) is 28.3 Å². The Bertz CT molecular complexity index is 1390. The van der Waals surface area contributed by atoms with Crippen LogP contribution in [0.2, 0.25) is 18.1 Å². The zero-order valence-electron chi connectivity index (χ0n) is 23.4. The molecular formula is C30H40N4O3Si. The Kier molecular flexibility index (Phi) is 8.13. The fourth-order valence-electron chi connectivity index (χ4n) is 4.36. The lowest BCUT2D eigenvalue weighted by Gasteiger charge is -2.39. The Balaban J connectivity index is 1.50. The molecule has 0 aliphatic heterocycles. The number of carbonyl (C=O) groups excluding carboxylic acids is 1. The van der Waals surface area contributed by atoms with Crippen LogP contribution >= 0.6 is 0 Å². The highest BCUT2D eigenvalue weighted by molar-refractivity contribution is 6.74. The van der Waals surface area contributed by atoms with Gasteiger partial charge in [0.2, 0.25) is 0 Å². The molecular weight excluding hydrogens is 492 g/mol. The van der Waals surface area contributed by atoms with Crippen molar-refractivity contribution in [3.63, 3.8) is 0 Å². The van der Waals surface area contributed by atoms with E-state index in [0.29, 0.717) is 6.61 Å². The molecule has 0 aliphatic carbocycles. The molecule has 0 saturated carbocycles. The Morgan fingerprint density at radius 1 is 1.11 bits per heavy atom. The maximum absolute atomic E-state index is 11.7. The molecule has 2 N–H and O–H groups in total. The summed E-state index contributed by atoms with van der Waals surface area (Å²) in [5.74, 6) is 0.334. The first kappa shape index (κ1) is 27.7. The molecule has 2 aromatic carbocycles. The second-order valence-corrected chi connectivity index (χ2v) is 16.3. The van der Waals surface area contributed by atoms with Gasteiger partial charge in [0.05, 0.1) is 6.33 Å². The fraction of sp³-hybridized carbons (Fsp3) is 0.400. The SMILES string of the molecule is Cn1cc(CCC[C@@H](O[Si](C)(C)C(C)(C)C)n2cnc(C(N)=O)c2)c2cc(OCc3ccccc3)ccc21. The van der Waals surface area contributed by atoms with Crippen LogP contribution in [0.4, 0.5) is 0 Å². The van der Waals surface area contributed by atoms with Crippen molar-refractivity contribution in [3.05, 3.63) is 84.1 Å². The number of fused-ring (bicyclic) bond motifs is 1. The van der Waals surface area contributed by atoms with Gasteiger partial charge in [-0.2, -0.15) is 0 Å². The number of nitrogens with two attached hydrogens (primary N) is 1. The molecule has 1 amide bonds. The van der Waals surface area contributed by atoms with Gasteiger partial charge in [-0.1, -0.05) is 51.1 Å². The number of carbonyl (C=O) groups is 1. The van der Waals surface area contributed by atoms with Crippen LogP contribution in [0.3, 0.4) is 0 Å². The minimum atomic E-state index is -2.07. The van der Waals surface area contributed by atoms with Crippen LogP contribution in [0, 0.1) is 0 Å². The molecule has 2 aromatic heterocycles. The number of amides is 1. The summed E-state index contributed by atoms with van der Waals surface area (Å²) in [5.41, 5.74) is 9.33. The number of rotatable bonds is 11. The Morgan fingerprint density at radius 2 is 1.84 bits per heavy atom. The minimum absolute atomic E-state index is 0.0597. The van der Waals surface area contributed by atoms with E-state index in [1.165, 1.54) is 16.5 Å². The molecule has 0 bridgehead atoms. The summed E-state index contributed by atoms with van der Waals surface area (Å²) in [5, 5.41) is 1.27. The van der Waals surface area contributed by atoms with Gasteiger partial charge < -0.3 is 24.0 Å². The number of primary amides is 1. The number of aromatic nitrogens is 3. The summed E-state index contributed by atoms with van der Waals surface area (Å²) in [6, 6.07) is 16.5. The molecule has 202 valence electrons. The summed E-state index contributed by atoms with van der Waals surface area (Å²) in [6.45, 7) is 11.7.